The van der Waals surface area contributed by atoms with E-state index in [4.69, 9.17) is 16.7 Å². The van der Waals surface area contributed by atoms with E-state index in [2.05, 4.69) is 10.6 Å². The number of nitrogens with zero attached hydrogens (tertiary/aromatic N) is 2. The van der Waals surface area contributed by atoms with Crippen molar-refractivity contribution in [2.45, 2.75) is 19.5 Å². The van der Waals surface area contributed by atoms with Gasteiger partial charge in [0.1, 0.15) is 5.82 Å². The Bertz CT molecular complexity index is 1380. The Morgan fingerprint density at radius 2 is 1.77 bits per heavy atom. The number of halogens is 2. The van der Waals surface area contributed by atoms with Gasteiger partial charge >= 0.3 is 0 Å². The number of benzene rings is 3. The average Bonchev–Trinajstić information content (AvgIpc) is 3.27. The third kappa shape index (κ3) is 4.90. The zero-order valence-electron chi connectivity index (χ0n) is 19.1. The van der Waals surface area contributed by atoms with Crippen molar-refractivity contribution in [3.63, 3.8) is 0 Å². The molecule has 1 atom stereocenters. The van der Waals surface area contributed by atoms with E-state index in [1.165, 1.54) is 12.1 Å². The normalized spacial score (nSPS) is 15.0. The van der Waals surface area contributed by atoms with Crippen LogP contribution in [0.15, 0.2) is 78.9 Å². The molecule has 1 aliphatic heterocycles. The molecule has 2 N–H and O–H groups in total. The lowest BCUT2D eigenvalue weighted by Gasteiger charge is -2.20. The van der Waals surface area contributed by atoms with Gasteiger partial charge in [0.15, 0.2) is 5.69 Å². The zero-order chi connectivity index (χ0) is 24.4. The summed E-state index contributed by atoms with van der Waals surface area (Å²) < 4.78 is 15.2. The molecule has 0 radical (unpaired) electrons. The Morgan fingerprint density at radius 3 is 2.49 bits per heavy atom. The van der Waals surface area contributed by atoms with Crippen molar-refractivity contribution in [2.75, 3.05) is 6.54 Å². The molecule has 176 valence electrons. The smallest absolute Gasteiger partial charge is 0.272 e. The van der Waals surface area contributed by atoms with Gasteiger partial charge in [0.05, 0.1) is 17.4 Å². The van der Waals surface area contributed by atoms with Gasteiger partial charge in [-0.15, -0.1) is 0 Å². The van der Waals surface area contributed by atoms with Crippen molar-refractivity contribution in [3.05, 3.63) is 118 Å². The number of aromatic nitrogens is 2. The molecule has 0 bridgehead atoms. The highest BCUT2D eigenvalue weighted by Crippen LogP contribution is 2.31. The van der Waals surface area contributed by atoms with E-state index < -0.39 is 0 Å². The summed E-state index contributed by atoms with van der Waals surface area (Å²) in [6.45, 7) is 3.05. The highest BCUT2D eigenvalue weighted by atomic mass is 35.5. The lowest BCUT2D eigenvalue weighted by atomic mass is 9.98. The summed E-state index contributed by atoms with van der Waals surface area (Å²) in [4.78, 5) is 13.4. The molecule has 2 heterocycles. The average molecular weight is 487 g/mol. The maximum atomic E-state index is 13.4. The Labute approximate surface area is 208 Å². The van der Waals surface area contributed by atoms with Gasteiger partial charge in [-0.05, 0) is 66.1 Å². The van der Waals surface area contributed by atoms with Crippen molar-refractivity contribution >= 4 is 29.2 Å². The van der Waals surface area contributed by atoms with Crippen LogP contribution in [0.5, 0.6) is 0 Å². The molecule has 35 heavy (non-hydrogen) atoms. The Morgan fingerprint density at radius 1 is 1.06 bits per heavy atom. The number of hydrogen-bond donors (Lipinski definition) is 2. The van der Waals surface area contributed by atoms with Gasteiger partial charge in [0.25, 0.3) is 5.91 Å². The molecule has 0 spiro atoms. The number of rotatable bonds is 5. The Hall–Kier alpha value is -3.74. The van der Waals surface area contributed by atoms with E-state index in [0.29, 0.717) is 23.8 Å². The van der Waals surface area contributed by atoms with E-state index in [1.54, 1.807) is 28.9 Å². The van der Waals surface area contributed by atoms with E-state index in [9.17, 15) is 9.18 Å². The maximum absolute atomic E-state index is 13.4. The van der Waals surface area contributed by atoms with Gasteiger partial charge in [0.2, 0.25) is 0 Å². The lowest BCUT2D eigenvalue weighted by molar-refractivity contribution is 0.0933. The van der Waals surface area contributed by atoms with Crippen LogP contribution in [0.1, 0.15) is 45.8 Å². The van der Waals surface area contributed by atoms with Crippen molar-refractivity contribution in [1.82, 2.24) is 20.4 Å². The number of nitrogens with one attached hydrogen (secondary N) is 2. The van der Waals surface area contributed by atoms with Gasteiger partial charge in [-0.1, -0.05) is 54.1 Å². The van der Waals surface area contributed by atoms with Crippen LogP contribution in [0.4, 0.5) is 4.39 Å². The molecule has 5 rings (SSSR count). The summed E-state index contributed by atoms with van der Waals surface area (Å²) in [5, 5.41) is 11.8. The molecule has 0 unspecified atom stereocenters. The summed E-state index contributed by atoms with van der Waals surface area (Å²) in [6, 6.07) is 23.3. The minimum absolute atomic E-state index is 0.175. The third-order valence-electron chi connectivity index (χ3n) is 6.05. The van der Waals surface area contributed by atoms with E-state index in [0.717, 1.165) is 33.6 Å². The number of carbonyl (C=O) groups is 1. The second kappa shape index (κ2) is 9.86. The highest BCUT2D eigenvalue weighted by molar-refractivity contribution is 6.30. The Kier molecular flexibility index (Phi) is 6.49. The molecule has 1 aromatic heterocycles. The first-order chi connectivity index (χ1) is 17.0. The van der Waals surface area contributed by atoms with Crippen LogP contribution in [0.2, 0.25) is 5.02 Å². The summed E-state index contributed by atoms with van der Waals surface area (Å²) in [5.74, 6) is -0.526. The first-order valence-electron chi connectivity index (χ1n) is 11.4. The monoisotopic (exact) mass is 486 g/mol. The summed E-state index contributed by atoms with van der Waals surface area (Å²) in [7, 11) is 0. The molecule has 4 aromatic rings. The molecule has 0 saturated heterocycles. The standard InChI is InChI=1S/C28H24ClFN4O/c1-18(20-5-3-2-4-6-20)32-28(35)26-25-17-31-16-21(15-19-7-11-23(30)12-8-19)27(25)34(33-26)24-13-9-22(29)10-14-24/h2-15,18,31H,16-17H2,1H3,(H,32,35)/b21-15+/t18-/m1/s1. The number of fused-ring (bicyclic) bond motifs is 1. The topological polar surface area (TPSA) is 59.0 Å². The molecule has 1 amide bonds. The highest BCUT2D eigenvalue weighted by Gasteiger charge is 2.29. The molecular weight excluding hydrogens is 463 g/mol. The first-order valence-corrected chi connectivity index (χ1v) is 11.8. The summed E-state index contributed by atoms with van der Waals surface area (Å²) in [5.41, 5.74) is 5.67. The van der Waals surface area contributed by atoms with Crippen LogP contribution in [0.25, 0.3) is 17.3 Å². The number of hydrogen-bond acceptors (Lipinski definition) is 3. The minimum atomic E-state index is -0.285. The van der Waals surface area contributed by atoms with Gasteiger partial charge in [0, 0.05) is 23.7 Å². The van der Waals surface area contributed by atoms with Crippen molar-refractivity contribution in [1.29, 1.82) is 0 Å². The largest absolute Gasteiger partial charge is 0.344 e. The molecule has 5 nitrogen and oxygen atoms in total. The number of amides is 1. The molecule has 0 aliphatic carbocycles. The molecule has 0 fully saturated rings. The molecule has 1 aliphatic rings. The van der Waals surface area contributed by atoms with Crippen LogP contribution < -0.4 is 10.6 Å². The van der Waals surface area contributed by atoms with Crippen LogP contribution in [-0.2, 0) is 6.54 Å². The van der Waals surface area contributed by atoms with Crippen LogP contribution in [-0.4, -0.2) is 22.2 Å². The second-order valence-electron chi connectivity index (χ2n) is 8.49. The quantitative estimate of drug-likeness (QED) is 0.375. The van der Waals surface area contributed by atoms with Crippen LogP contribution in [0.3, 0.4) is 0 Å². The zero-order valence-corrected chi connectivity index (χ0v) is 19.9. The summed E-state index contributed by atoms with van der Waals surface area (Å²) >= 11 is 6.12. The third-order valence-corrected chi connectivity index (χ3v) is 6.30. The van der Waals surface area contributed by atoms with Gasteiger partial charge in [-0.2, -0.15) is 5.10 Å². The van der Waals surface area contributed by atoms with Crippen molar-refractivity contribution < 1.29 is 9.18 Å². The van der Waals surface area contributed by atoms with Crippen LogP contribution >= 0.6 is 11.6 Å². The van der Waals surface area contributed by atoms with E-state index in [1.807, 2.05) is 55.5 Å². The minimum Gasteiger partial charge on any atom is -0.344 e. The van der Waals surface area contributed by atoms with Gasteiger partial charge < -0.3 is 10.6 Å². The van der Waals surface area contributed by atoms with Gasteiger partial charge in [-0.25, -0.2) is 9.07 Å². The van der Waals surface area contributed by atoms with Crippen molar-refractivity contribution in [3.8, 4) is 5.69 Å². The number of carbonyl (C=O) groups excluding carboxylic acids is 1. The molecule has 3 aromatic carbocycles. The first kappa shape index (κ1) is 23.0. The SMILES string of the molecule is C[C@@H](NC(=O)c1nn(-c2ccc(Cl)cc2)c2c1CNC/C2=C\c1ccc(F)cc1)c1ccccc1. The lowest BCUT2D eigenvalue weighted by Crippen LogP contribution is -2.30. The Balaban J connectivity index is 1.58. The van der Waals surface area contributed by atoms with E-state index in [-0.39, 0.29) is 17.8 Å². The van der Waals surface area contributed by atoms with E-state index >= 15 is 0 Å². The van der Waals surface area contributed by atoms with Gasteiger partial charge in [-0.3, -0.25) is 4.79 Å². The maximum Gasteiger partial charge on any atom is 0.272 e. The second-order valence-corrected chi connectivity index (χ2v) is 8.93. The molecule has 0 saturated carbocycles. The molecule has 7 heteroatoms. The fourth-order valence-electron chi connectivity index (χ4n) is 4.27. The predicted molar refractivity (Wildman–Crippen MR) is 137 cm³/mol. The fourth-order valence-corrected chi connectivity index (χ4v) is 4.40. The van der Waals surface area contributed by atoms with Crippen LogP contribution in [0, 0.1) is 5.82 Å². The predicted octanol–water partition coefficient (Wildman–Crippen LogP) is 5.80. The fraction of sp³-hybridized carbons (Fsp3) is 0.143. The van der Waals surface area contributed by atoms with Crippen molar-refractivity contribution in [2.24, 2.45) is 0 Å². The molecular formula is C28H24ClFN4O. The summed E-state index contributed by atoms with van der Waals surface area (Å²) in [6.07, 6.45) is 1.99.